The molecule has 2 heterocycles. The van der Waals surface area contributed by atoms with Gasteiger partial charge in [-0.3, -0.25) is 0 Å². The average molecular weight is 259 g/mol. The number of benzene rings is 1. The van der Waals surface area contributed by atoms with E-state index in [4.69, 9.17) is 10.2 Å². The summed E-state index contributed by atoms with van der Waals surface area (Å²) < 4.78 is 5.46. The van der Waals surface area contributed by atoms with E-state index in [9.17, 15) is 0 Å². The first kappa shape index (κ1) is 11.4. The van der Waals surface area contributed by atoms with Crippen LogP contribution in [-0.2, 0) is 6.54 Å². The molecule has 0 aliphatic rings. The fraction of sp³-hybridized carbons (Fsp3) is 0.231. The first-order valence-corrected chi connectivity index (χ1v) is 6.53. The number of nitrogens with zero attached hydrogens (tertiary/aromatic N) is 2. The molecule has 18 heavy (non-hydrogen) atoms. The smallest absolute Gasteiger partial charge is 0.192 e. The maximum Gasteiger partial charge on any atom is 0.192 e. The second-order valence-corrected chi connectivity index (χ2v) is 5.23. The van der Waals surface area contributed by atoms with E-state index in [-0.39, 0.29) is 0 Å². The van der Waals surface area contributed by atoms with Crippen LogP contribution in [0.15, 0.2) is 22.6 Å². The van der Waals surface area contributed by atoms with Crippen LogP contribution in [0.5, 0.6) is 0 Å². The molecule has 0 aliphatic heterocycles. The highest BCUT2D eigenvalue weighted by Gasteiger charge is 2.10. The zero-order valence-electron chi connectivity index (χ0n) is 10.2. The average Bonchev–Trinajstić information content (AvgIpc) is 2.89. The summed E-state index contributed by atoms with van der Waals surface area (Å²) in [6, 6.07) is 5.94. The predicted molar refractivity (Wildman–Crippen MR) is 72.5 cm³/mol. The van der Waals surface area contributed by atoms with Gasteiger partial charge in [0.2, 0.25) is 0 Å². The van der Waals surface area contributed by atoms with Gasteiger partial charge in [-0.25, -0.2) is 9.97 Å². The molecule has 0 spiro atoms. The Morgan fingerprint density at radius 2 is 2.11 bits per heavy atom. The standard InChI is InChI=1S/C13H13N3OS/c1-7-12(6-14)18-13(15-7)9-3-4-11-10(5-9)16-8(2)17-11/h3-5H,6,14H2,1-2H3. The van der Waals surface area contributed by atoms with Crippen LogP contribution in [0.25, 0.3) is 21.7 Å². The van der Waals surface area contributed by atoms with Crippen molar-refractivity contribution in [2.24, 2.45) is 5.73 Å². The molecule has 1 aromatic carbocycles. The van der Waals surface area contributed by atoms with Gasteiger partial charge in [0, 0.05) is 23.9 Å². The van der Waals surface area contributed by atoms with E-state index in [0.29, 0.717) is 12.4 Å². The van der Waals surface area contributed by atoms with E-state index >= 15 is 0 Å². The van der Waals surface area contributed by atoms with Gasteiger partial charge >= 0.3 is 0 Å². The second-order valence-electron chi connectivity index (χ2n) is 4.15. The molecule has 2 N–H and O–H groups in total. The van der Waals surface area contributed by atoms with E-state index in [1.54, 1.807) is 11.3 Å². The number of rotatable bonds is 2. The van der Waals surface area contributed by atoms with Crippen molar-refractivity contribution in [1.29, 1.82) is 0 Å². The largest absolute Gasteiger partial charge is 0.441 e. The predicted octanol–water partition coefficient (Wildman–Crippen LogP) is 3.03. The lowest BCUT2D eigenvalue weighted by molar-refractivity contribution is 0.561. The zero-order valence-corrected chi connectivity index (χ0v) is 11.0. The first-order valence-electron chi connectivity index (χ1n) is 5.71. The van der Waals surface area contributed by atoms with Crippen molar-refractivity contribution in [3.8, 4) is 10.6 Å². The summed E-state index contributed by atoms with van der Waals surface area (Å²) in [6.45, 7) is 4.37. The zero-order chi connectivity index (χ0) is 12.7. The SMILES string of the molecule is Cc1nc2cc(-c3nc(C)c(CN)s3)ccc2o1. The lowest BCUT2D eigenvalue weighted by Gasteiger charge is -1.94. The molecule has 4 nitrogen and oxygen atoms in total. The number of oxazole rings is 1. The molecule has 0 saturated heterocycles. The fourth-order valence-corrected chi connectivity index (χ4v) is 2.85. The van der Waals surface area contributed by atoms with E-state index < -0.39 is 0 Å². The molecule has 92 valence electrons. The van der Waals surface area contributed by atoms with Crippen molar-refractivity contribution in [1.82, 2.24) is 9.97 Å². The van der Waals surface area contributed by atoms with Gasteiger partial charge in [0.1, 0.15) is 10.5 Å². The minimum Gasteiger partial charge on any atom is -0.441 e. The number of aromatic nitrogens is 2. The fourth-order valence-electron chi connectivity index (χ4n) is 1.92. The summed E-state index contributed by atoms with van der Waals surface area (Å²) >= 11 is 1.63. The maximum atomic E-state index is 5.68. The van der Waals surface area contributed by atoms with Crippen LogP contribution in [0.3, 0.4) is 0 Å². The Labute approximate surface area is 108 Å². The highest BCUT2D eigenvalue weighted by Crippen LogP contribution is 2.29. The van der Waals surface area contributed by atoms with Crippen molar-refractivity contribution >= 4 is 22.4 Å². The Bertz CT molecular complexity index is 714. The summed E-state index contributed by atoms with van der Waals surface area (Å²) in [5.74, 6) is 0.681. The van der Waals surface area contributed by atoms with E-state index in [2.05, 4.69) is 9.97 Å². The van der Waals surface area contributed by atoms with Gasteiger partial charge < -0.3 is 10.2 Å². The van der Waals surface area contributed by atoms with Crippen molar-refractivity contribution < 1.29 is 4.42 Å². The van der Waals surface area contributed by atoms with Gasteiger partial charge in [-0.1, -0.05) is 0 Å². The molecule has 3 aromatic rings. The van der Waals surface area contributed by atoms with Crippen LogP contribution < -0.4 is 5.73 Å². The summed E-state index contributed by atoms with van der Waals surface area (Å²) in [7, 11) is 0. The van der Waals surface area contributed by atoms with Crippen LogP contribution >= 0.6 is 11.3 Å². The maximum absolute atomic E-state index is 5.68. The van der Waals surface area contributed by atoms with Gasteiger partial charge in [0.25, 0.3) is 0 Å². The Morgan fingerprint density at radius 3 is 2.83 bits per heavy atom. The summed E-state index contributed by atoms with van der Waals surface area (Å²) in [5, 5.41) is 0.982. The summed E-state index contributed by atoms with van der Waals surface area (Å²) in [6.07, 6.45) is 0. The van der Waals surface area contributed by atoms with Crippen molar-refractivity contribution in [2.75, 3.05) is 0 Å². The van der Waals surface area contributed by atoms with Crippen LogP contribution in [0.2, 0.25) is 0 Å². The summed E-state index contributed by atoms with van der Waals surface area (Å²) in [4.78, 5) is 10.0. The Kier molecular flexibility index (Phi) is 2.65. The third kappa shape index (κ3) is 1.81. The molecular weight excluding hydrogens is 246 g/mol. The Morgan fingerprint density at radius 1 is 1.28 bits per heavy atom. The Hall–Kier alpha value is -1.72. The molecule has 0 saturated carbocycles. The van der Waals surface area contributed by atoms with Crippen molar-refractivity contribution in [3.63, 3.8) is 0 Å². The van der Waals surface area contributed by atoms with Crippen molar-refractivity contribution in [3.05, 3.63) is 34.7 Å². The van der Waals surface area contributed by atoms with Crippen LogP contribution in [0.1, 0.15) is 16.5 Å². The number of nitrogens with two attached hydrogens (primary N) is 1. The van der Waals surface area contributed by atoms with Crippen molar-refractivity contribution in [2.45, 2.75) is 20.4 Å². The molecular formula is C13H13N3OS. The molecule has 0 radical (unpaired) electrons. The molecule has 2 aromatic heterocycles. The number of hydrogen-bond acceptors (Lipinski definition) is 5. The topological polar surface area (TPSA) is 64.9 Å². The first-order chi connectivity index (χ1) is 8.67. The lowest BCUT2D eigenvalue weighted by atomic mass is 10.2. The minimum atomic E-state index is 0.537. The normalized spacial score (nSPS) is 11.3. The number of aryl methyl sites for hydroxylation is 2. The number of fused-ring (bicyclic) bond motifs is 1. The monoisotopic (exact) mass is 259 g/mol. The van der Waals surface area contributed by atoms with Gasteiger partial charge in [-0.2, -0.15) is 0 Å². The second kappa shape index (κ2) is 4.19. The van der Waals surface area contributed by atoms with Gasteiger partial charge in [-0.15, -0.1) is 11.3 Å². The lowest BCUT2D eigenvalue weighted by Crippen LogP contribution is -1.94. The van der Waals surface area contributed by atoms with Crippen LogP contribution in [-0.4, -0.2) is 9.97 Å². The van der Waals surface area contributed by atoms with E-state index in [1.807, 2.05) is 32.0 Å². The summed E-state index contributed by atoms with van der Waals surface area (Å²) in [5.41, 5.74) is 9.42. The van der Waals surface area contributed by atoms with E-state index in [1.165, 1.54) is 0 Å². The molecule has 3 rings (SSSR count). The highest BCUT2D eigenvalue weighted by molar-refractivity contribution is 7.15. The molecule has 0 aliphatic carbocycles. The molecule has 0 bridgehead atoms. The molecule has 0 unspecified atom stereocenters. The number of hydrogen-bond donors (Lipinski definition) is 1. The highest BCUT2D eigenvalue weighted by atomic mass is 32.1. The van der Waals surface area contributed by atoms with Gasteiger partial charge in [-0.05, 0) is 25.1 Å². The molecule has 0 amide bonds. The minimum absolute atomic E-state index is 0.537. The molecule has 0 fully saturated rings. The molecule has 0 atom stereocenters. The molecule has 5 heteroatoms. The van der Waals surface area contributed by atoms with Crippen LogP contribution in [0, 0.1) is 13.8 Å². The third-order valence-electron chi connectivity index (χ3n) is 2.82. The van der Waals surface area contributed by atoms with Gasteiger partial charge in [0.15, 0.2) is 11.5 Å². The quantitative estimate of drug-likeness (QED) is 0.768. The Balaban J connectivity index is 2.12. The van der Waals surface area contributed by atoms with Crippen LogP contribution in [0.4, 0.5) is 0 Å². The number of thiazole rings is 1. The third-order valence-corrected chi connectivity index (χ3v) is 4.05. The van der Waals surface area contributed by atoms with Gasteiger partial charge in [0.05, 0.1) is 5.69 Å². The van der Waals surface area contributed by atoms with E-state index in [0.717, 1.165) is 32.2 Å².